The van der Waals surface area contributed by atoms with Crippen molar-refractivity contribution in [3.63, 3.8) is 0 Å². The second-order valence-electron chi connectivity index (χ2n) is 26.4. The molecule has 10 heteroatoms. The highest BCUT2D eigenvalue weighted by Gasteiger charge is 2.27. The van der Waals surface area contributed by atoms with Gasteiger partial charge in [-0.15, -0.1) is 0 Å². The van der Waals surface area contributed by atoms with Crippen LogP contribution in [-0.4, -0.2) is 69.4 Å². The highest BCUT2D eigenvalue weighted by Crippen LogP contribution is 2.38. The molecule has 0 bridgehead atoms. The molecule has 3 unspecified atom stereocenters. The maximum absolute atomic E-state index is 13.6. The van der Waals surface area contributed by atoms with Crippen molar-refractivity contribution in [1.29, 1.82) is 0 Å². The van der Waals surface area contributed by atoms with Crippen molar-refractivity contribution >= 4 is 19.7 Å². The van der Waals surface area contributed by atoms with Gasteiger partial charge < -0.3 is 28.5 Å². The van der Waals surface area contributed by atoms with Gasteiger partial charge in [0.2, 0.25) is 5.91 Å². The number of carbonyl (C=O) groups is 2. The van der Waals surface area contributed by atoms with Crippen molar-refractivity contribution < 1.29 is 37.3 Å². The molecule has 0 fully saturated rings. The van der Waals surface area contributed by atoms with Crippen LogP contribution in [-0.2, 0) is 27.9 Å². The van der Waals surface area contributed by atoms with Crippen LogP contribution in [0.5, 0.6) is 0 Å². The average molecular weight is 1240 g/mol. The van der Waals surface area contributed by atoms with E-state index in [9.17, 15) is 19.0 Å². The van der Waals surface area contributed by atoms with Gasteiger partial charge in [0.25, 0.3) is 7.82 Å². The van der Waals surface area contributed by atoms with E-state index in [1.54, 1.807) is 0 Å². The largest absolute Gasteiger partial charge is 0.756 e. The minimum atomic E-state index is -4.71. The Bertz CT molecular complexity index is 1720. The van der Waals surface area contributed by atoms with Crippen molar-refractivity contribution in [2.75, 3.05) is 40.9 Å². The molecular formula is C77H143N2O7P. The standard InChI is InChI=1S/C77H143N2O7P/c1-7-10-13-16-19-22-25-27-29-31-33-35-37-39-41-43-45-47-49-51-54-57-60-63-66-69-76(80)78-74(73-85-87(82,83)84-72-71-79(4,5)6)75(68-65-62-59-56-53-24-21-18-15-12-9-3)86-77(81)70-67-64-61-58-55-52-50-48-46-44-42-40-38-36-34-32-30-28-26-23-20-17-14-11-8-2/h19,22,27-30,33,35,39,41,65,68,74-75H,7-18,20-21,23-26,31-32,34,36-38,40,42-64,66-67,69-73H2,1-6H3,(H-,78,80,82,83)/b22-19-,29-27-,30-28+,35-33-,41-39-,68-65+. The SMILES string of the molecule is CCCCC/C=C\C/C=C\C/C=C\C/C=C\CCCCCCCCCCCC(=O)NC(COP(=O)([O-])OCC[N+](C)(C)C)C(/C=C/CCCCCCCCCCC)OC(=O)CCCCCCCCCCCCCCCCC/C=C/CCCCCCCC. The molecule has 508 valence electrons. The molecule has 9 nitrogen and oxygen atoms in total. The van der Waals surface area contributed by atoms with Gasteiger partial charge in [-0.25, -0.2) is 0 Å². The lowest BCUT2D eigenvalue weighted by atomic mass is 10.0. The van der Waals surface area contributed by atoms with Gasteiger partial charge in [-0.2, -0.15) is 0 Å². The van der Waals surface area contributed by atoms with Crippen molar-refractivity contribution in [3.05, 3.63) is 72.9 Å². The number of nitrogens with one attached hydrogen (secondary N) is 1. The molecule has 0 aromatic rings. The van der Waals surface area contributed by atoms with E-state index in [0.29, 0.717) is 17.4 Å². The summed E-state index contributed by atoms with van der Waals surface area (Å²) in [6.45, 7) is 6.84. The fraction of sp³-hybridized carbons (Fsp3) is 0.818. The summed E-state index contributed by atoms with van der Waals surface area (Å²) in [5, 5.41) is 3.04. The third-order valence-corrected chi connectivity index (χ3v) is 17.6. The van der Waals surface area contributed by atoms with E-state index in [1.165, 1.54) is 231 Å². The molecule has 0 aromatic heterocycles. The quantitative estimate of drug-likeness (QED) is 0.0212. The van der Waals surface area contributed by atoms with Gasteiger partial charge in [-0.1, -0.05) is 312 Å². The Balaban J connectivity index is 4.97. The number of rotatable bonds is 68. The summed E-state index contributed by atoms with van der Waals surface area (Å²) < 4.78 is 30.5. The number of hydrogen-bond donors (Lipinski definition) is 1. The summed E-state index contributed by atoms with van der Waals surface area (Å²) in [5.41, 5.74) is 0. The number of carbonyl (C=O) groups excluding carboxylic acids is 2. The number of amides is 1. The second-order valence-corrected chi connectivity index (χ2v) is 27.9. The third-order valence-electron chi connectivity index (χ3n) is 16.6. The first-order valence-corrected chi connectivity index (χ1v) is 38.7. The summed E-state index contributed by atoms with van der Waals surface area (Å²) in [6.07, 6.45) is 87.5. The maximum Gasteiger partial charge on any atom is 0.306 e. The van der Waals surface area contributed by atoms with E-state index in [1.807, 2.05) is 33.3 Å². The average Bonchev–Trinajstić information content (AvgIpc) is 3.70. The van der Waals surface area contributed by atoms with E-state index in [0.717, 1.165) is 89.9 Å². The lowest BCUT2D eigenvalue weighted by molar-refractivity contribution is -0.870. The topological polar surface area (TPSA) is 114 Å². The van der Waals surface area contributed by atoms with Gasteiger partial charge in [0, 0.05) is 12.8 Å². The van der Waals surface area contributed by atoms with Crippen LogP contribution in [0.1, 0.15) is 355 Å². The number of allylic oxidation sites excluding steroid dienone is 11. The molecular weight excluding hydrogens is 1100 g/mol. The smallest absolute Gasteiger partial charge is 0.306 e. The number of ether oxygens (including phenoxy) is 1. The minimum Gasteiger partial charge on any atom is -0.756 e. The highest BCUT2D eigenvalue weighted by molar-refractivity contribution is 7.45. The molecule has 0 aliphatic carbocycles. The number of phosphoric acid groups is 1. The summed E-state index contributed by atoms with van der Waals surface area (Å²) in [7, 11) is 1.19. The van der Waals surface area contributed by atoms with E-state index in [-0.39, 0.29) is 24.9 Å². The molecule has 0 saturated heterocycles. The molecule has 0 spiro atoms. The predicted octanol–water partition coefficient (Wildman–Crippen LogP) is 23.3. The first-order valence-electron chi connectivity index (χ1n) is 37.2. The van der Waals surface area contributed by atoms with Gasteiger partial charge >= 0.3 is 5.97 Å². The molecule has 0 radical (unpaired) electrons. The molecule has 0 heterocycles. The Labute approximate surface area is 540 Å². The van der Waals surface area contributed by atoms with Crippen LogP contribution in [0.25, 0.3) is 0 Å². The Morgan fingerprint density at radius 2 is 0.701 bits per heavy atom. The molecule has 0 aromatic carbocycles. The monoisotopic (exact) mass is 1240 g/mol. The fourth-order valence-electron chi connectivity index (χ4n) is 10.9. The van der Waals surface area contributed by atoms with E-state index in [2.05, 4.69) is 86.8 Å². The molecule has 1 N–H and O–H groups in total. The first-order chi connectivity index (χ1) is 42.4. The van der Waals surface area contributed by atoms with E-state index < -0.39 is 26.6 Å². The number of unbranched alkanes of at least 4 members (excludes halogenated alkanes) is 42. The molecule has 0 saturated carbocycles. The fourth-order valence-corrected chi connectivity index (χ4v) is 11.6. The van der Waals surface area contributed by atoms with Crippen LogP contribution in [0.2, 0.25) is 0 Å². The lowest BCUT2D eigenvalue weighted by Crippen LogP contribution is -2.47. The summed E-state index contributed by atoms with van der Waals surface area (Å²) >= 11 is 0. The van der Waals surface area contributed by atoms with Crippen LogP contribution < -0.4 is 10.2 Å². The molecule has 3 atom stereocenters. The molecule has 87 heavy (non-hydrogen) atoms. The number of quaternary nitrogens is 1. The minimum absolute atomic E-state index is 0.0244. The number of esters is 1. The second kappa shape index (κ2) is 66.4. The normalized spacial score (nSPS) is 13.9. The lowest BCUT2D eigenvalue weighted by Gasteiger charge is -2.30. The molecule has 1 amide bonds. The predicted molar refractivity (Wildman–Crippen MR) is 376 cm³/mol. The van der Waals surface area contributed by atoms with Crippen LogP contribution in [0, 0.1) is 0 Å². The molecule has 0 aliphatic heterocycles. The van der Waals surface area contributed by atoms with Crippen molar-refractivity contribution in [1.82, 2.24) is 5.32 Å². The van der Waals surface area contributed by atoms with Gasteiger partial charge in [0.15, 0.2) is 0 Å². The van der Waals surface area contributed by atoms with Crippen LogP contribution in [0.4, 0.5) is 0 Å². The number of likely N-dealkylation sites (N-methyl/N-ethyl adjacent to an activating group) is 1. The Hall–Kier alpha value is -2.55. The zero-order valence-electron chi connectivity index (χ0n) is 58.2. The van der Waals surface area contributed by atoms with Gasteiger partial charge in [-0.3, -0.25) is 14.2 Å². The van der Waals surface area contributed by atoms with Crippen LogP contribution >= 0.6 is 7.82 Å². The summed E-state index contributed by atoms with van der Waals surface area (Å²) in [4.78, 5) is 40.2. The third kappa shape index (κ3) is 67.7. The Morgan fingerprint density at radius 3 is 1.08 bits per heavy atom. The van der Waals surface area contributed by atoms with E-state index in [4.69, 9.17) is 13.8 Å². The van der Waals surface area contributed by atoms with Crippen molar-refractivity contribution in [2.24, 2.45) is 0 Å². The summed E-state index contributed by atoms with van der Waals surface area (Å²) in [6, 6.07) is -0.894. The van der Waals surface area contributed by atoms with Crippen LogP contribution in [0.15, 0.2) is 72.9 Å². The maximum atomic E-state index is 13.6. The van der Waals surface area contributed by atoms with Crippen molar-refractivity contribution in [2.45, 2.75) is 367 Å². The van der Waals surface area contributed by atoms with Gasteiger partial charge in [0.1, 0.15) is 19.3 Å². The molecule has 0 rings (SSSR count). The van der Waals surface area contributed by atoms with Crippen molar-refractivity contribution in [3.8, 4) is 0 Å². The Kier molecular flexibility index (Phi) is 64.4. The number of phosphoric ester groups is 1. The highest BCUT2D eigenvalue weighted by atomic mass is 31.2. The van der Waals surface area contributed by atoms with Gasteiger partial charge in [0.05, 0.1) is 33.8 Å². The van der Waals surface area contributed by atoms with E-state index >= 15 is 0 Å². The first kappa shape index (κ1) is 84.5. The molecule has 0 aliphatic rings. The Morgan fingerprint density at radius 1 is 0.402 bits per heavy atom. The zero-order chi connectivity index (χ0) is 63.5. The summed E-state index contributed by atoms with van der Waals surface area (Å²) in [5.74, 6) is -0.537. The number of nitrogens with zero attached hydrogens (tertiary/aromatic N) is 1. The zero-order valence-corrected chi connectivity index (χ0v) is 59.1. The number of hydrogen-bond acceptors (Lipinski definition) is 7. The van der Waals surface area contributed by atoms with Crippen LogP contribution in [0.3, 0.4) is 0 Å². The van der Waals surface area contributed by atoms with Gasteiger partial charge in [-0.05, 0) is 102 Å².